The van der Waals surface area contributed by atoms with E-state index in [0.717, 1.165) is 12.8 Å². The van der Waals surface area contributed by atoms with Gasteiger partial charge in [-0.05, 0) is 28.4 Å². The summed E-state index contributed by atoms with van der Waals surface area (Å²) in [5, 5.41) is 11.0. The van der Waals surface area contributed by atoms with E-state index >= 15 is 0 Å². The van der Waals surface area contributed by atoms with E-state index < -0.39 is 4.92 Å². The molecular weight excluding hydrogens is 334 g/mol. The van der Waals surface area contributed by atoms with Crippen molar-refractivity contribution in [2.24, 2.45) is 5.41 Å². The van der Waals surface area contributed by atoms with Crippen molar-refractivity contribution in [1.29, 1.82) is 0 Å². The number of nitrogens with zero attached hydrogens (tertiary/aromatic N) is 1. The summed E-state index contributed by atoms with van der Waals surface area (Å²) in [5.74, 6) is 0.502. The van der Waals surface area contributed by atoms with Gasteiger partial charge >= 0.3 is 0 Å². The van der Waals surface area contributed by atoms with Gasteiger partial charge in [-0.1, -0.05) is 19.9 Å². The molecule has 3 unspecified atom stereocenters. The first-order valence-corrected chi connectivity index (χ1v) is 7.36. The molecule has 19 heavy (non-hydrogen) atoms. The number of hydrogen-bond donors (Lipinski definition) is 0. The number of nitro benzene ring substituents is 1. The number of ether oxygens (including phenoxy) is 1. The largest absolute Gasteiger partial charge is 0.488 e. The molecule has 1 aromatic rings. The quantitative estimate of drug-likeness (QED) is 0.456. The third kappa shape index (κ3) is 2.46. The van der Waals surface area contributed by atoms with Crippen LogP contribution in [0.1, 0.15) is 26.7 Å². The molecule has 0 heterocycles. The van der Waals surface area contributed by atoms with Crippen molar-refractivity contribution in [3.63, 3.8) is 0 Å². The van der Waals surface area contributed by atoms with E-state index in [1.54, 1.807) is 12.1 Å². The second-order valence-corrected chi connectivity index (χ2v) is 6.34. The maximum atomic E-state index is 10.9. The van der Waals surface area contributed by atoms with E-state index in [9.17, 15) is 10.1 Å². The lowest BCUT2D eigenvalue weighted by Gasteiger charge is -2.50. The van der Waals surface area contributed by atoms with Gasteiger partial charge in [-0.2, -0.15) is 0 Å². The minimum Gasteiger partial charge on any atom is -0.488 e. The fraction of sp³-hybridized carbons (Fsp3) is 0.538. The van der Waals surface area contributed by atoms with Gasteiger partial charge in [0.15, 0.2) is 0 Å². The van der Waals surface area contributed by atoms with Crippen molar-refractivity contribution in [2.45, 2.75) is 38.2 Å². The van der Waals surface area contributed by atoms with Crippen LogP contribution in [0.4, 0.5) is 5.69 Å². The van der Waals surface area contributed by atoms with Gasteiger partial charge in [0, 0.05) is 23.3 Å². The lowest BCUT2D eigenvalue weighted by molar-refractivity contribution is -0.385. The molecule has 6 heteroatoms. The maximum absolute atomic E-state index is 10.9. The first kappa shape index (κ1) is 14.6. The molecule has 0 aromatic heterocycles. The van der Waals surface area contributed by atoms with Crippen molar-refractivity contribution >= 4 is 33.2 Å². The molecule has 0 spiro atoms. The lowest BCUT2D eigenvalue weighted by Crippen LogP contribution is -2.55. The first-order chi connectivity index (χ1) is 8.90. The van der Waals surface area contributed by atoms with Gasteiger partial charge in [0.25, 0.3) is 5.69 Å². The summed E-state index contributed by atoms with van der Waals surface area (Å²) in [6.45, 7) is 4.16. The molecule has 0 amide bonds. The summed E-state index contributed by atoms with van der Waals surface area (Å²) in [6.07, 6.45) is 1.68. The molecule has 3 atom stereocenters. The van der Waals surface area contributed by atoms with Gasteiger partial charge < -0.3 is 4.74 Å². The highest BCUT2D eigenvalue weighted by molar-refractivity contribution is 9.10. The molecule has 1 saturated carbocycles. The minimum atomic E-state index is -0.429. The smallest absolute Gasteiger partial charge is 0.287 e. The summed E-state index contributed by atoms with van der Waals surface area (Å²) in [7, 11) is 0. The second kappa shape index (κ2) is 5.29. The highest BCUT2D eigenvalue weighted by Gasteiger charge is 2.51. The number of nitro groups is 1. The lowest BCUT2D eigenvalue weighted by atomic mass is 9.65. The Kier molecular flexibility index (Phi) is 4.06. The van der Waals surface area contributed by atoms with E-state index in [2.05, 4.69) is 29.8 Å². The van der Waals surface area contributed by atoms with Gasteiger partial charge in [0.05, 0.1) is 4.92 Å². The Hall–Kier alpha value is -0.810. The molecule has 1 aliphatic rings. The average molecular weight is 349 g/mol. The third-order valence-electron chi connectivity index (χ3n) is 4.04. The zero-order chi connectivity index (χ0) is 14.2. The second-order valence-electron chi connectivity index (χ2n) is 5.02. The summed E-state index contributed by atoms with van der Waals surface area (Å²) < 4.78 is 6.30. The molecule has 0 radical (unpaired) electrons. The van der Waals surface area contributed by atoms with Crippen LogP contribution in [0.2, 0.25) is 0 Å². The van der Waals surface area contributed by atoms with Crippen LogP contribution in [0.3, 0.4) is 0 Å². The standard InChI is InChI=1S/C13H15BrClNO3/c1-3-13(2)10(15)7-11(13)19-9-6-4-5-8(12(9)14)16(17)18/h4-6,10-11H,3,7H2,1-2H3. The van der Waals surface area contributed by atoms with Crippen LogP contribution in [-0.2, 0) is 0 Å². The summed E-state index contributed by atoms with van der Waals surface area (Å²) in [4.78, 5) is 10.4. The molecule has 2 rings (SSSR count). The summed E-state index contributed by atoms with van der Waals surface area (Å²) in [6, 6.07) is 4.80. The van der Waals surface area contributed by atoms with Crippen molar-refractivity contribution in [3.05, 3.63) is 32.8 Å². The Labute approximate surface area is 125 Å². The van der Waals surface area contributed by atoms with Crippen LogP contribution in [0.15, 0.2) is 22.7 Å². The number of rotatable bonds is 4. The normalized spacial score (nSPS) is 29.7. The Bertz CT molecular complexity index is 511. The van der Waals surface area contributed by atoms with E-state index in [-0.39, 0.29) is 22.6 Å². The molecule has 0 aliphatic heterocycles. The number of benzene rings is 1. The van der Waals surface area contributed by atoms with Gasteiger partial charge in [-0.25, -0.2) is 0 Å². The third-order valence-corrected chi connectivity index (χ3v) is 5.52. The fourth-order valence-electron chi connectivity index (χ4n) is 2.28. The highest BCUT2D eigenvalue weighted by Crippen LogP contribution is 2.50. The van der Waals surface area contributed by atoms with Gasteiger partial charge in [0.2, 0.25) is 0 Å². The number of halogens is 2. The molecule has 4 nitrogen and oxygen atoms in total. The monoisotopic (exact) mass is 347 g/mol. The van der Waals surface area contributed by atoms with E-state index in [1.807, 2.05) is 0 Å². The van der Waals surface area contributed by atoms with E-state index in [0.29, 0.717) is 10.2 Å². The molecule has 1 fully saturated rings. The summed E-state index contributed by atoms with van der Waals surface area (Å²) in [5.41, 5.74) is -0.0662. The molecule has 0 bridgehead atoms. The minimum absolute atomic E-state index is 0.00157. The van der Waals surface area contributed by atoms with Gasteiger partial charge in [-0.3, -0.25) is 10.1 Å². The Morgan fingerprint density at radius 1 is 1.63 bits per heavy atom. The molecule has 1 aliphatic carbocycles. The van der Waals surface area contributed by atoms with Crippen LogP contribution in [0, 0.1) is 15.5 Å². The molecular formula is C13H15BrClNO3. The SMILES string of the molecule is CCC1(C)C(Cl)CC1Oc1cccc([N+](=O)[O-])c1Br. The van der Waals surface area contributed by atoms with Crippen LogP contribution >= 0.6 is 27.5 Å². The van der Waals surface area contributed by atoms with Gasteiger partial charge in [0.1, 0.15) is 16.3 Å². The Balaban J connectivity index is 2.21. The molecule has 104 valence electrons. The van der Waals surface area contributed by atoms with Crippen molar-refractivity contribution in [3.8, 4) is 5.75 Å². The van der Waals surface area contributed by atoms with Crippen molar-refractivity contribution in [2.75, 3.05) is 0 Å². The van der Waals surface area contributed by atoms with Crippen molar-refractivity contribution < 1.29 is 9.66 Å². The van der Waals surface area contributed by atoms with E-state index in [1.165, 1.54) is 6.07 Å². The van der Waals surface area contributed by atoms with Crippen LogP contribution < -0.4 is 4.74 Å². The van der Waals surface area contributed by atoms with Gasteiger partial charge in [-0.15, -0.1) is 11.6 Å². The van der Waals surface area contributed by atoms with Crippen molar-refractivity contribution in [1.82, 2.24) is 0 Å². The topological polar surface area (TPSA) is 52.4 Å². The van der Waals surface area contributed by atoms with Crippen LogP contribution in [-0.4, -0.2) is 16.4 Å². The molecule has 0 saturated heterocycles. The Morgan fingerprint density at radius 3 is 2.84 bits per heavy atom. The zero-order valence-corrected chi connectivity index (χ0v) is 13.1. The number of alkyl halides is 1. The van der Waals surface area contributed by atoms with Crippen LogP contribution in [0.25, 0.3) is 0 Å². The van der Waals surface area contributed by atoms with E-state index in [4.69, 9.17) is 16.3 Å². The number of hydrogen-bond acceptors (Lipinski definition) is 3. The zero-order valence-electron chi connectivity index (χ0n) is 10.7. The fourth-order valence-corrected chi connectivity index (χ4v) is 3.24. The molecule has 1 aromatic carbocycles. The summed E-state index contributed by atoms with van der Waals surface area (Å²) >= 11 is 9.48. The molecule has 0 N–H and O–H groups in total. The predicted molar refractivity (Wildman–Crippen MR) is 77.9 cm³/mol. The highest BCUT2D eigenvalue weighted by atomic mass is 79.9. The van der Waals surface area contributed by atoms with Crippen LogP contribution in [0.5, 0.6) is 5.75 Å². The average Bonchev–Trinajstić information content (AvgIpc) is 2.39. The Morgan fingerprint density at radius 2 is 2.32 bits per heavy atom. The maximum Gasteiger partial charge on any atom is 0.287 e. The first-order valence-electron chi connectivity index (χ1n) is 6.13. The predicted octanol–water partition coefficient (Wildman–Crippen LogP) is 4.53.